The fourth-order valence-electron chi connectivity index (χ4n) is 2.14. The van der Waals surface area contributed by atoms with E-state index >= 15 is 0 Å². The number of ether oxygens (including phenoxy) is 3. The van der Waals surface area contributed by atoms with Crippen molar-refractivity contribution in [1.82, 2.24) is 0 Å². The lowest BCUT2D eigenvalue weighted by molar-refractivity contribution is -0.115. The van der Waals surface area contributed by atoms with Crippen LogP contribution in [0, 0.1) is 0 Å². The van der Waals surface area contributed by atoms with Gasteiger partial charge < -0.3 is 25.3 Å². The molecule has 0 fully saturated rings. The maximum atomic E-state index is 12.2. The summed E-state index contributed by atoms with van der Waals surface area (Å²) in [7, 11) is 4.66. The molecule has 6 nitrogen and oxygen atoms in total. The van der Waals surface area contributed by atoms with Crippen LogP contribution >= 0.6 is 0 Å². The van der Waals surface area contributed by atoms with E-state index in [1.54, 1.807) is 43.5 Å². The Labute approximate surface area is 135 Å². The topological polar surface area (TPSA) is 82.8 Å². The van der Waals surface area contributed by atoms with Crippen LogP contribution in [0.3, 0.4) is 0 Å². The number of rotatable bonds is 6. The first-order valence-electron chi connectivity index (χ1n) is 7.01. The van der Waals surface area contributed by atoms with E-state index in [-0.39, 0.29) is 12.3 Å². The van der Waals surface area contributed by atoms with E-state index in [0.29, 0.717) is 28.4 Å². The number of anilines is 2. The summed E-state index contributed by atoms with van der Waals surface area (Å²) in [5.41, 5.74) is 7.81. The Hall–Kier alpha value is -2.89. The second-order valence-corrected chi connectivity index (χ2v) is 4.86. The van der Waals surface area contributed by atoms with Gasteiger partial charge in [-0.25, -0.2) is 0 Å². The van der Waals surface area contributed by atoms with Crippen LogP contribution in [0.15, 0.2) is 36.4 Å². The van der Waals surface area contributed by atoms with Crippen molar-refractivity contribution in [3.8, 4) is 17.2 Å². The van der Waals surface area contributed by atoms with Crippen LogP contribution in [0.5, 0.6) is 17.2 Å². The number of nitrogen functional groups attached to an aromatic ring is 1. The Kier molecular flexibility index (Phi) is 5.30. The average Bonchev–Trinajstić information content (AvgIpc) is 2.56. The zero-order chi connectivity index (χ0) is 16.8. The van der Waals surface area contributed by atoms with Gasteiger partial charge in [0.05, 0.1) is 27.8 Å². The Morgan fingerprint density at radius 1 is 1.00 bits per heavy atom. The number of methoxy groups -OCH3 is 3. The number of nitrogens with one attached hydrogen (secondary N) is 1. The Morgan fingerprint density at radius 2 is 1.61 bits per heavy atom. The van der Waals surface area contributed by atoms with Crippen molar-refractivity contribution >= 4 is 17.3 Å². The first-order valence-corrected chi connectivity index (χ1v) is 7.01. The molecule has 0 aliphatic heterocycles. The minimum Gasteiger partial charge on any atom is -0.497 e. The Morgan fingerprint density at radius 3 is 2.17 bits per heavy atom. The molecule has 0 radical (unpaired) electrons. The predicted octanol–water partition coefficient (Wildman–Crippen LogP) is 2.48. The highest BCUT2D eigenvalue weighted by molar-refractivity contribution is 5.93. The highest BCUT2D eigenvalue weighted by atomic mass is 16.5. The Balaban J connectivity index is 2.10. The minimum atomic E-state index is -0.172. The molecule has 2 rings (SSSR count). The number of hydrogen-bond acceptors (Lipinski definition) is 5. The van der Waals surface area contributed by atoms with Crippen molar-refractivity contribution in [2.45, 2.75) is 6.42 Å². The van der Waals surface area contributed by atoms with Gasteiger partial charge in [-0.1, -0.05) is 0 Å². The average molecular weight is 316 g/mol. The van der Waals surface area contributed by atoms with Gasteiger partial charge in [0.1, 0.15) is 5.75 Å². The molecule has 0 saturated carbocycles. The molecule has 1 amide bonds. The van der Waals surface area contributed by atoms with Crippen LogP contribution in [0.1, 0.15) is 5.56 Å². The van der Waals surface area contributed by atoms with Gasteiger partial charge in [-0.15, -0.1) is 0 Å². The van der Waals surface area contributed by atoms with E-state index in [0.717, 1.165) is 5.75 Å². The summed E-state index contributed by atoms with van der Waals surface area (Å²) in [5, 5.41) is 2.81. The number of carbonyl (C=O) groups excluding carboxylic acids is 1. The van der Waals surface area contributed by atoms with Crippen LogP contribution in [0.2, 0.25) is 0 Å². The predicted molar refractivity (Wildman–Crippen MR) is 89.3 cm³/mol. The van der Waals surface area contributed by atoms with Crippen LogP contribution < -0.4 is 25.3 Å². The van der Waals surface area contributed by atoms with Crippen LogP contribution in [-0.2, 0) is 11.2 Å². The summed E-state index contributed by atoms with van der Waals surface area (Å²) in [6.45, 7) is 0. The third-order valence-corrected chi connectivity index (χ3v) is 3.37. The van der Waals surface area contributed by atoms with Crippen molar-refractivity contribution in [2.75, 3.05) is 32.4 Å². The lowest BCUT2D eigenvalue weighted by Crippen LogP contribution is -2.15. The van der Waals surface area contributed by atoms with Gasteiger partial charge in [-0.2, -0.15) is 0 Å². The lowest BCUT2D eigenvalue weighted by atomic mass is 10.1. The molecule has 0 unspecified atom stereocenters. The molecule has 0 bridgehead atoms. The van der Waals surface area contributed by atoms with Gasteiger partial charge in [-0.3, -0.25) is 4.79 Å². The van der Waals surface area contributed by atoms with Gasteiger partial charge in [0.2, 0.25) is 5.91 Å². The molecule has 6 heteroatoms. The molecule has 0 heterocycles. The van der Waals surface area contributed by atoms with E-state index in [9.17, 15) is 4.79 Å². The fourth-order valence-corrected chi connectivity index (χ4v) is 2.14. The summed E-state index contributed by atoms with van der Waals surface area (Å²) in [5.74, 6) is 1.62. The zero-order valence-electron chi connectivity index (χ0n) is 13.4. The quantitative estimate of drug-likeness (QED) is 0.800. The molecule has 2 aromatic carbocycles. The largest absolute Gasteiger partial charge is 0.497 e. The van der Waals surface area contributed by atoms with Gasteiger partial charge in [0, 0.05) is 17.4 Å². The monoisotopic (exact) mass is 316 g/mol. The Bertz CT molecular complexity index is 684. The van der Waals surface area contributed by atoms with E-state index in [4.69, 9.17) is 19.9 Å². The highest BCUT2D eigenvalue weighted by Gasteiger charge is 2.12. The van der Waals surface area contributed by atoms with Crippen molar-refractivity contribution in [3.63, 3.8) is 0 Å². The number of hydrogen-bond donors (Lipinski definition) is 2. The van der Waals surface area contributed by atoms with Crippen LogP contribution in [0.25, 0.3) is 0 Å². The van der Waals surface area contributed by atoms with E-state index < -0.39 is 0 Å². The van der Waals surface area contributed by atoms with E-state index in [1.165, 1.54) is 14.2 Å². The van der Waals surface area contributed by atoms with Gasteiger partial charge in [-0.05, 0) is 35.9 Å². The molecule has 0 aromatic heterocycles. The molecule has 0 aliphatic rings. The van der Waals surface area contributed by atoms with Crippen molar-refractivity contribution in [1.29, 1.82) is 0 Å². The molecule has 0 aliphatic carbocycles. The molecule has 2 aromatic rings. The fraction of sp³-hybridized carbons (Fsp3) is 0.235. The van der Waals surface area contributed by atoms with Crippen molar-refractivity contribution < 1.29 is 19.0 Å². The van der Waals surface area contributed by atoms with Crippen molar-refractivity contribution in [2.24, 2.45) is 0 Å². The molecule has 0 spiro atoms. The first-order chi connectivity index (χ1) is 11.1. The number of amides is 1. The summed E-state index contributed by atoms with van der Waals surface area (Å²) < 4.78 is 15.5. The number of benzene rings is 2. The van der Waals surface area contributed by atoms with Crippen molar-refractivity contribution in [3.05, 3.63) is 42.0 Å². The third kappa shape index (κ3) is 4.06. The molecule has 0 saturated heterocycles. The molecular formula is C17H20N2O4. The molecule has 122 valence electrons. The smallest absolute Gasteiger partial charge is 0.228 e. The lowest BCUT2D eigenvalue weighted by Gasteiger charge is -2.12. The van der Waals surface area contributed by atoms with Gasteiger partial charge >= 0.3 is 0 Å². The summed E-state index contributed by atoms with van der Waals surface area (Å²) in [6.07, 6.45) is 0.137. The van der Waals surface area contributed by atoms with Gasteiger partial charge in [0.25, 0.3) is 0 Å². The molecular weight excluding hydrogens is 296 g/mol. The summed E-state index contributed by atoms with van der Waals surface area (Å²) in [6, 6.07) is 10.5. The molecule has 0 atom stereocenters. The third-order valence-electron chi connectivity index (χ3n) is 3.37. The highest BCUT2D eigenvalue weighted by Crippen LogP contribution is 2.32. The van der Waals surface area contributed by atoms with Gasteiger partial charge in [0.15, 0.2) is 11.5 Å². The summed E-state index contributed by atoms with van der Waals surface area (Å²) in [4.78, 5) is 12.2. The summed E-state index contributed by atoms with van der Waals surface area (Å²) >= 11 is 0. The van der Waals surface area contributed by atoms with Crippen LogP contribution in [0.4, 0.5) is 11.4 Å². The maximum Gasteiger partial charge on any atom is 0.228 e. The standard InChI is InChI=1S/C17H20N2O4/c1-21-13-6-4-12(5-7-13)19-17(20)9-11-8-15(22-2)16(23-3)10-14(11)18/h4-8,10H,9,18H2,1-3H3,(H,19,20). The minimum absolute atomic E-state index is 0.137. The maximum absolute atomic E-state index is 12.2. The zero-order valence-corrected chi connectivity index (χ0v) is 13.4. The molecule has 23 heavy (non-hydrogen) atoms. The number of carbonyl (C=O) groups is 1. The molecule has 3 N–H and O–H groups in total. The normalized spacial score (nSPS) is 10.0. The second kappa shape index (κ2) is 7.40. The SMILES string of the molecule is COc1ccc(NC(=O)Cc2cc(OC)c(OC)cc2N)cc1. The second-order valence-electron chi connectivity index (χ2n) is 4.86. The van der Waals surface area contributed by atoms with Crippen LogP contribution in [-0.4, -0.2) is 27.2 Å². The first kappa shape index (κ1) is 16.5. The number of nitrogens with two attached hydrogens (primary N) is 1. The van der Waals surface area contributed by atoms with E-state index in [2.05, 4.69) is 5.32 Å². The van der Waals surface area contributed by atoms with E-state index in [1.807, 2.05) is 0 Å².